The predicted molar refractivity (Wildman–Crippen MR) is 70.3 cm³/mol. The fourth-order valence-electron chi connectivity index (χ4n) is 2.52. The van der Waals surface area contributed by atoms with Gasteiger partial charge in [-0.3, -0.25) is 4.79 Å². The Morgan fingerprint density at radius 1 is 1.41 bits per heavy atom. The highest BCUT2D eigenvalue weighted by atomic mass is 16.2. The second-order valence-corrected chi connectivity index (χ2v) is 5.12. The summed E-state index contributed by atoms with van der Waals surface area (Å²) in [6, 6.07) is 0. The molecule has 0 aromatic rings. The quantitative estimate of drug-likeness (QED) is 0.741. The van der Waals surface area contributed by atoms with E-state index in [2.05, 4.69) is 12.8 Å². The van der Waals surface area contributed by atoms with Crippen LogP contribution in [0.1, 0.15) is 51.9 Å². The van der Waals surface area contributed by atoms with Crippen LogP contribution in [0.3, 0.4) is 0 Å². The van der Waals surface area contributed by atoms with Gasteiger partial charge in [-0.15, -0.1) is 6.42 Å². The van der Waals surface area contributed by atoms with E-state index >= 15 is 0 Å². The maximum atomic E-state index is 12.1. The molecular formula is C14H24N2O. The van der Waals surface area contributed by atoms with Crippen molar-refractivity contribution in [2.75, 3.05) is 13.1 Å². The number of hydrogen-bond donors (Lipinski definition) is 1. The average molecular weight is 236 g/mol. The molecule has 0 aromatic carbocycles. The van der Waals surface area contributed by atoms with E-state index in [4.69, 9.17) is 12.2 Å². The first kappa shape index (κ1) is 14.1. The lowest BCUT2D eigenvalue weighted by atomic mass is 9.80. The van der Waals surface area contributed by atoms with E-state index in [1.54, 1.807) is 4.90 Å². The first-order chi connectivity index (χ1) is 8.11. The van der Waals surface area contributed by atoms with Crippen LogP contribution in [0.15, 0.2) is 0 Å². The van der Waals surface area contributed by atoms with Gasteiger partial charge in [0, 0.05) is 18.5 Å². The summed E-state index contributed by atoms with van der Waals surface area (Å²) in [6.45, 7) is 3.19. The molecular weight excluding hydrogens is 212 g/mol. The molecule has 0 spiro atoms. The second kappa shape index (κ2) is 6.66. The third-order valence-electron chi connectivity index (χ3n) is 3.48. The Morgan fingerprint density at radius 3 is 2.59 bits per heavy atom. The minimum absolute atomic E-state index is 0.120. The molecule has 0 aromatic heterocycles. The van der Waals surface area contributed by atoms with Crippen LogP contribution < -0.4 is 5.73 Å². The summed E-state index contributed by atoms with van der Waals surface area (Å²) in [4.78, 5) is 13.9. The molecule has 0 heterocycles. The number of rotatable bonds is 5. The standard InChI is InChI=1S/C14H24N2O/c1-3-10-16(11-4-2)13(17)12-14(15)8-6-5-7-9-14/h1H,4-12,15H2,2H3. The van der Waals surface area contributed by atoms with Crippen LogP contribution in [-0.4, -0.2) is 29.4 Å². The van der Waals surface area contributed by atoms with Crippen molar-refractivity contribution in [1.29, 1.82) is 0 Å². The van der Waals surface area contributed by atoms with Crippen LogP contribution in [0, 0.1) is 12.3 Å². The van der Waals surface area contributed by atoms with Crippen LogP contribution in [0.4, 0.5) is 0 Å². The summed E-state index contributed by atoms with van der Waals surface area (Å²) in [6.07, 6.45) is 12.1. The minimum atomic E-state index is -0.282. The highest BCUT2D eigenvalue weighted by Gasteiger charge is 2.31. The fourth-order valence-corrected chi connectivity index (χ4v) is 2.52. The Morgan fingerprint density at radius 2 is 2.06 bits per heavy atom. The van der Waals surface area contributed by atoms with E-state index in [1.165, 1.54) is 6.42 Å². The van der Waals surface area contributed by atoms with E-state index in [-0.39, 0.29) is 11.4 Å². The van der Waals surface area contributed by atoms with Crippen LogP contribution >= 0.6 is 0 Å². The molecule has 2 N–H and O–H groups in total. The van der Waals surface area contributed by atoms with Gasteiger partial charge in [0.05, 0.1) is 6.54 Å². The van der Waals surface area contributed by atoms with E-state index in [0.717, 1.165) is 38.6 Å². The first-order valence-corrected chi connectivity index (χ1v) is 6.61. The van der Waals surface area contributed by atoms with Gasteiger partial charge in [-0.05, 0) is 19.3 Å². The molecule has 0 aliphatic heterocycles. The summed E-state index contributed by atoms with van der Waals surface area (Å²) in [5.74, 6) is 2.67. The van der Waals surface area contributed by atoms with Crippen LogP contribution in [0.25, 0.3) is 0 Å². The number of terminal acetylenes is 1. The zero-order chi connectivity index (χ0) is 12.7. The SMILES string of the molecule is C#CCN(CCC)C(=O)CC1(N)CCCCC1. The van der Waals surface area contributed by atoms with Crippen molar-refractivity contribution >= 4 is 5.91 Å². The molecule has 1 amide bonds. The van der Waals surface area contributed by atoms with Gasteiger partial charge in [-0.1, -0.05) is 32.1 Å². The summed E-state index contributed by atoms with van der Waals surface area (Å²) in [7, 11) is 0. The lowest BCUT2D eigenvalue weighted by Crippen LogP contribution is -2.47. The number of carbonyl (C=O) groups is 1. The van der Waals surface area contributed by atoms with Crippen molar-refractivity contribution in [3.8, 4) is 12.3 Å². The predicted octanol–water partition coefficient (Wildman–Crippen LogP) is 1.91. The lowest BCUT2D eigenvalue weighted by molar-refractivity contribution is -0.132. The Bertz CT molecular complexity index is 287. The maximum Gasteiger partial charge on any atom is 0.225 e. The zero-order valence-corrected chi connectivity index (χ0v) is 10.9. The number of nitrogens with zero attached hydrogens (tertiary/aromatic N) is 1. The molecule has 1 aliphatic rings. The highest BCUT2D eigenvalue weighted by Crippen LogP contribution is 2.29. The van der Waals surface area contributed by atoms with E-state index in [1.807, 2.05) is 0 Å². The van der Waals surface area contributed by atoms with Crippen molar-refractivity contribution in [2.24, 2.45) is 5.73 Å². The Kier molecular flexibility index (Phi) is 5.50. The number of hydrogen-bond acceptors (Lipinski definition) is 2. The number of nitrogens with two attached hydrogens (primary N) is 1. The summed E-state index contributed by atoms with van der Waals surface area (Å²) in [5.41, 5.74) is 6.01. The Hall–Kier alpha value is -1.01. The largest absolute Gasteiger partial charge is 0.332 e. The van der Waals surface area contributed by atoms with Crippen LogP contribution in [-0.2, 0) is 4.79 Å². The van der Waals surface area contributed by atoms with Crippen LogP contribution in [0.5, 0.6) is 0 Å². The maximum absolute atomic E-state index is 12.1. The summed E-state index contributed by atoms with van der Waals surface area (Å²) in [5, 5.41) is 0. The third kappa shape index (κ3) is 4.40. The van der Waals surface area contributed by atoms with Crippen molar-refractivity contribution in [2.45, 2.75) is 57.4 Å². The molecule has 0 saturated heterocycles. The molecule has 3 heteroatoms. The third-order valence-corrected chi connectivity index (χ3v) is 3.48. The summed E-state index contributed by atoms with van der Waals surface area (Å²) < 4.78 is 0. The van der Waals surface area contributed by atoms with Gasteiger partial charge in [0.1, 0.15) is 0 Å². The normalized spacial score (nSPS) is 18.4. The fraction of sp³-hybridized carbons (Fsp3) is 0.786. The van der Waals surface area contributed by atoms with Gasteiger partial charge < -0.3 is 10.6 Å². The highest BCUT2D eigenvalue weighted by molar-refractivity contribution is 5.77. The zero-order valence-electron chi connectivity index (χ0n) is 10.9. The van der Waals surface area contributed by atoms with Gasteiger partial charge in [0.15, 0.2) is 0 Å². The van der Waals surface area contributed by atoms with E-state index in [9.17, 15) is 4.79 Å². The molecule has 0 unspecified atom stereocenters. The molecule has 1 saturated carbocycles. The van der Waals surface area contributed by atoms with Crippen molar-refractivity contribution < 1.29 is 4.79 Å². The molecule has 1 aliphatic carbocycles. The smallest absolute Gasteiger partial charge is 0.225 e. The Balaban J connectivity index is 2.53. The van der Waals surface area contributed by atoms with Gasteiger partial charge in [-0.2, -0.15) is 0 Å². The van der Waals surface area contributed by atoms with E-state index < -0.39 is 0 Å². The monoisotopic (exact) mass is 236 g/mol. The molecule has 3 nitrogen and oxygen atoms in total. The van der Waals surface area contributed by atoms with Gasteiger partial charge in [-0.25, -0.2) is 0 Å². The molecule has 1 rings (SSSR count). The molecule has 17 heavy (non-hydrogen) atoms. The summed E-state index contributed by atoms with van der Waals surface area (Å²) >= 11 is 0. The minimum Gasteiger partial charge on any atom is -0.332 e. The average Bonchev–Trinajstić information content (AvgIpc) is 2.29. The number of amides is 1. The van der Waals surface area contributed by atoms with Gasteiger partial charge in [0.2, 0.25) is 5.91 Å². The van der Waals surface area contributed by atoms with Gasteiger partial charge in [0.25, 0.3) is 0 Å². The van der Waals surface area contributed by atoms with Gasteiger partial charge >= 0.3 is 0 Å². The molecule has 1 fully saturated rings. The van der Waals surface area contributed by atoms with Crippen molar-refractivity contribution in [1.82, 2.24) is 4.90 Å². The first-order valence-electron chi connectivity index (χ1n) is 6.61. The second-order valence-electron chi connectivity index (χ2n) is 5.12. The van der Waals surface area contributed by atoms with E-state index in [0.29, 0.717) is 13.0 Å². The van der Waals surface area contributed by atoms with Crippen molar-refractivity contribution in [3.63, 3.8) is 0 Å². The Labute approximate surface area is 105 Å². The topological polar surface area (TPSA) is 46.3 Å². The van der Waals surface area contributed by atoms with Crippen molar-refractivity contribution in [3.05, 3.63) is 0 Å². The number of carbonyl (C=O) groups excluding carboxylic acids is 1. The molecule has 0 atom stereocenters. The molecule has 0 radical (unpaired) electrons. The molecule has 96 valence electrons. The molecule has 0 bridgehead atoms. The lowest BCUT2D eigenvalue weighted by Gasteiger charge is -2.34. The van der Waals surface area contributed by atoms with Crippen LogP contribution in [0.2, 0.25) is 0 Å².